The van der Waals surface area contributed by atoms with Gasteiger partial charge in [0.1, 0.15) is 5.75 Å². The molecule has 1 atom stereocenters. The third-order valence-electron chi connectivity index (χ3n) is 4.11. The van der Waals surface area contributed by atoms with Crippen LogP contribution in [0.1, 0.15) is 32.3 Å². The number of rotatable bonds is 8. The molecule has 0 aliphatic rings. The first kappa shape index (κ1) is 17.4. The largest absolute Gasteiger partial charge is 0.496 e. The molecule has 114 valence electrons. The van der Waals surface area contributed by atoms with Crippen LogP contribution in [0.3, 0.4) is 0 Å². The summed E-state index contributed by atoms with van der Waals surface area (Å²) in [6, 6.07) is 6.01. The molecule has 0 spiro atoms. The van der Waals surface area contributed by atoms with Crippen LogP contribution < -0.4 is 16.0 Å². The minimum absolute atomic E-state index is 0.0192. The monoisotopic (exact) mass is 344 g/mol. The molecule has 0 amide bonds. The van der Waals surface area contributed by atoms with Gasteiger partial charge in [-0.05, 0) is 43.0 Å². The van der Waals surface area contributed by atoms with Crippen LogP contribution in [0.4, 0.5) is 0 Å². The van der Waals surface area contributed by atoms with Crippen LogP contribution in [0.15, 0.2) is 22.7 Å². The SMILES string of the molecule is CCC(CC)(OC)C(Cc1cc(Br)ccc1OC)NN. The molecule has 3 N–H and O–H groups in total. The first-order chi connectivity index (χ1) is 9.56. The van der Waals surface area contributed by atoms with Crippen molar-refractivity contribution in [2.75, 3.05) is 14.2 Å². The molecule has 0 saturated heterocycles. The van der Waals surface area contributed by atoms with E-state index in [-0.39, 0.29) is 11.6 Å². The lowest BCUT2D eigenvalue weighted by Gasteiger charge is -2.38. The second-order valence-corrected chi connectivity index (χ2v) is 5.77. The first-order valence-corrected chi connectivity index (χ1v) is 7.69. The molecule has 5 heteroatoms. The van der Waals surface area contributed by atoms with Gasteiger partial charge in [-0.1, -0.05) is 29.8 Å². The Bertz CT molecular complexity index is 414. The zero-order valence-electron chi connectivity index (χ0n) is 12.7. The molecule has 0 bridgehead atoms. The zero-order valence-corrected chi connectivity index (χ0v) is 14.3. The highest BCUT2D eigenvalue weighted by Crippen LogP contribution is 2.30. The van der Waals surface area contributed by atoms with Crippen LogP contribution in [0, 0.1) is 0 Å². The van der Waals surface area contributed by atoms with Gasteiger partial charge < -0.3 is 9.47 Å². The topological polar surface area (TPSA) is 56.5 Å². The average molecular weight is 345 g/mol. The van der Waals surface area contributed by atoms with Gasteiger partial charge in [-0.2, -0.15) is 0 Å². The number of hydrogen-bond donors (Lipinski definition) is 2. The number of nitrogens with one attached hydrogen (secondary N) is 1. The van der Waals surface area contributed by atoms with Crippen LogP contribution in [-0.4, -0.2) is 25.9 Å². The summed E-state index contributed by atoms with van der Waals surface area (Å²) in [4.78, 5) is 0. The van der Waals surface area contributed by atoms with Crippen LogP contribution in [0.5, 0.6) is 5.75 Å². The minimum Gasteiger partial charge on any atom is -0.496 e. The van der Waals surface area contributed by atoms with E-state index in [4.69, 9.17) is 15.3 Å². The Hall–Kier alpha value is -0.620. The van der Waals surface area contributed by atoms with Gasteiger partial charge in [-0.15, -0.1) is 0 Å². The van der Waals surface area contributed by atoms with Crippen molar-refractivity contribution in [1.29, 1.82) is 0 Å². The first-order valence-electron chi connectivity index (χ1n) is 6.90. The summed E-state index contributed by atoms with van der Waals surface area (Å²) in [7, 11) is 3.43. The maximum atomic E-state index is 5.78. The van der Waals surface area contributed by atoms with Gasteiger partial charge in [0, 0.05) is 11.6 Å². The number of ether oxygens (including phenoxy) is 2. The normalized spacial score (nSPS) is 13.3. The molecule has 20 heavy (non-hydrogen) atoms. The predicted octanol–water partition coefficient (Wildman–Crippen LogP) is 3.04. The summed E-state index contributed by atoms with van der Waals surface area (Å²) in [6.45, 7) is 4.24. The van der Waals surface area contributed by atoms with Crippen molar-refractivity contribution in [2.45, 2.75) is 44.8 Å². The van der Waals surface area contributed by atoms with Crippen molar-refractivity contribution in [3.8, 4) is 5.75 Å². The Morgan fingerprint density at radius 2 is 1.95 bits per heavy atom. The third-order valence-corrected chi connectivity index (χ3v) is 4.60. The Balaban J connectivity index is 3.07. The molecule has 0 aliphatic heterocycles. The predicted molar refractivity (Wildman–Crippen MR) is 85.8 cm³/mol. The lowest BCUT2D eigenvalue weighted by molar-refractivity contribution is -0.0473. The summed E-state index contributed by atoms with van der Waals surface area (Å²) in [5.41, 5.74) is 3.75. The Morgan fingerprint density at radius 3 is 2.40 bits per heavy atom. The molecule has 0 radical (unpaired) electrons. The van der Waals surface area contributed by atoms with E-state index in [0.29, 0.717) is 0 Å². The van der Waals surface area contributed by atoms with Crippen LogP contribution >= 0.6 is 15.9 Å². The highest BCUT2D eigenvalue weighted by atomic mass is 79.9. The molecule has 0 heterocycles. The van der Waals surface area contributed by atoms with E-state index in [0.717, 1.165) is 35.0 Å². The molecule has 4 nitrogen and oxygen atoms in total. The second kappa shape index (κ2) is 7.98. The van der Waals surface area contributed by atoms with E-state index in [1.165, 1.54) is 0 Å². The van der Waals surface area contributed by atoms with Crippen LogP contribution in [-0.2, 0) is 11.2 Å². The van der Waals surface area contributed by atoms with Crippen molar-refractivity contribution < 1.29 is 9.47 Å². The molecule has 1 aromatic rings. The quantitative estimate of drug-likeness (QED) is 0.562. The molecule has 1 aromatic carbocycles. The Kier molecular flexibility index (Phi) is 6.95. The molecule has 1 rings (SSSR count). The lowest BCUT2D eigenvalue weighted by Crippen LogP contribution is -2.55. The van der Waals surface area contributed by atoms with Gasteiger partial charge in [-0.25, -0.2) is 0 Å². The maximum absolute atomic E-state index is 5.78. The fraction of sp³-hybridized carbons (Fsp3) is 0.600. The molecular weight excluding hydrogens is 320 g/mol. The summed E-state index contributed by atoms with van der Waals surface area (Å²) in [5.74, 6) is 6.65. The van der Waals surface area contributed by atoms with Gasteiger partial charge in [0.25, 0.3) is 0 Å². The van der Waals surface area contributed by atoms with Gasteiger partial charge in [0.05, 0.1) is 18.8 Å². The van der Waals surface area contributed by atoms with Gasteiger partial charge in [0.15, 0.2) is 0 Å². The van der Waals surface area contributed by atoms with Crippen molar-refractivity contribution in [2.24, 2.45) is 5.84 Å². The molecular formula is C15H25BrN2O2. The summed E-state index contributed by atoms with van der Waals surface area (Å²) >= 11 is 3.50. The van der Waals surface area contributed by atoms with Gasteiger partial charge in [-0.3, -0.25) is 11.3 Å². The van der Waals surface area contributed by atoms with Crippen molar-refractivity contribution in [3.05, 3.63) is 28.2 Å². The van der Waals surface area contributed by atoms with E-state index in [1.54, 1.807) is 14.2 Å². The number of hydrogen-bond acceptors (Lipinski definition) is 4. The van der Waals surface area contributed by atoms with Gasteiger partial charge in [0.2, 0.25) is 0 Å². The Morgan fingerprint density at radius 1 is 1.30 bits per heavy atom. The second-order valence-electron chi connectivity index (χ2n) is 4.86. The standard InChI is InChI=1S/C15H25BrN2O2/c1-5-15(6-2,20-4)14(18-17)10-11-9-12(16)7-8-13(11)19-3/h7-9,14,18H,5-6,10,17H2,1-4H3. The number of halogens is 1. The van der Waals surface area contributed by atoms with Crippen molar-refractivity contribution >= 4 is 15.9 Å². The lowest BCUT2D eigenvalue weighted by atomic mass is 9.84. The highest BCUT2D eigenvalue weighted by Gasteiger charge is 2.35. The maximum Gasteiger partial charge on any atom is 0.122 e. The summed E-state index contributed by atoms with van der Waals surface area (Å²) < 4.78 is 12.2. The zero-order chi connectivity index (χ0) is 15.2. The van der Waals surface area contributed by atoms with Crippen molar-refractivity contribution in [3.63, 3.8) is 0 Å². The summed E-state index contributed by atoms with van der Waals surface area (Å²) in [5, 5.41) is 0. The molecule has 0 aliphatic carbocycles. The van der Waals surface area contributed by atoms with Crippen molar-refractivity contribution in [1.82, 2.24) is 5.43 Å². The molecule has 0 aromatic heterocycles. The minimum atomic E-state index is -0.276. The number of hydrazine groups is 1. The number of benzene rings is 1. The fourth-order valence-corrected chi connectivity index (χ4v) is 3.11. The fourth-order valence-electron chi connectivity index (χ4n) is 2.70. The average Bonchev–Trinajstić information content (AvgIpc) is 2.48. The molecule has 0 saturated carbocycles. The van der Waals surface area contributed by atoms with E-state index >= 15 is 0 Å². The van der Waals surface area contributed by atoms with E-state index < -0.39 is 0 Å². The number of methoxy groups -OCH3 is 2. The van der Waals surface area contributed by atoms with Crippen LogP contribution in [0.25, 0.3) is 0 Å². The highest BCUT2D eigenvalue weighted by molar-refractivity contribution is 9.10. The van der Waals surface area contributed by atoms with Gasteiger partial charge >= 0.3 is 0 Å². The Labute approximate surface area is 130 Å². The van der Waals surface area contributed by atoms with E-state index in [2.05, 4.69) is 41.3 Å². The summed E-state index contributed by atoms with van der Waals surface area (Å²) in [6.07, 6.45) is 2.53. The van der Waals surface area contributed by atoms with Crippen LogP contribution in [0.2, 0.25) is 0 Å². The third kappa shape index (κ3) is 3.73. The van der Waals surface area contributed by atoms with E-state index in [9.17, 15) is 0 Å². The van der Waals surface area contributed by atoms with E-state index in [1.807, 2.05) is 12.1 Å². The number of nitrogens with two attached hydrogens (primary N) is 1. The molecule has 0 fully saturated rings. The molecule has 1 unspecified atom stereocenters. The smallest absolute Gasteiger partial charge is 0.122 e.